The molecule has 2 aromatic rings. The Bertz CT molecular complexity index is 900. The average molecular weight is 565 g/mol. The molecule has 1 unspecified atom stereocenters. The molecule has 4 rings (SSSR count). The van der Waals surface area contributed by atoms with E-state index in [1.165, 1.54) is 16.7 Å². The quantitative estimate of drug-likeness (QED) is 0.258. The highest BCUT2D eigenvalue weighted by Crippen LogP contribution is 2.26. The standard InChI is InChI=1S/C26H36N4O2.HI/c1-20(22-6-4-3-5-7-22)30-26(12-16-31-17-13-26)19-29-25(27-2)28-14-10-21-8-9-24-23(18-21)11-15-32-24;/h3-9,18,20,30H,10-17,19H2,1-2H3,(H2,27,28,29);1H. The summed E-state index contributed by atoms with van der Waals surface area (Å²) in [6.07, 6.45) is 3.92. The number of guanidine groups is 1. The van der Waals surface area contributed by atoms with Crippen molar-refractivity contribution in [3.05, 3.63) is 65.2 Å². The van der Waals surface area contributed by atoms with Crippen LogP contribution in [0.25, 0.3) is 0 Å². The highest BCUT2D eigenvalue weighted by atomic mass is 127. The lowest BCUT2D eigenvalue weighted by Crippen LogP contribution is -2.58. The van der Waals surface area contributed by atoms with Gasteiger partial charge in [-0.15, -0.1) is 24.0 Å². The zero-order valence-electron chi connectivity index (χ0n) is 19.7. The van der Waals surface area contributed by atoms with Gasteiger partial charge in [-0.25, -0.2) is 0 Å². The lowest BCUT2D eigenvalue weighted by Gasteiger charge is -2.41. The summed E-state index contributed by atoms with van der Waals surface area (Å²) in [5.41, 5.74) is 3.94. The van der Waals surface area contributed by atoms with Gasteiger partial charge in [0, 0.05) is 51.4 Å². The molecule has 3 N–H and O–H groups in total. The van der Waals surface area contributed by atoms with Crippen LogP contribution in [-0.4, -0.2) is 51.5 Å². The number of nitrogens with zero attached hydrogens (tertiary/aromatic N) is 1. The number of nitrogens with one attached hydrogen (secondary N) is 3. The van der Waals surface area contributed by atoms with Crippen molar-refractivity contribution in [2.75, 3.05) is 40.0 Å². The van der Waals surface area contributed by atoms with Crippen LogP contribution >= 0.6 is 24.0 Å². The second-order valence-corrected chi connectivity index (χ2v) is 8.81. The molecule has 0 aliphatic carbocycles. The molecular weight excluding hydrogens is 527 g/mol. The van der Waals surface area contributed by atoms with Gasteiger partial charge < -0.3 is 25.4 Å². The summed E-state index contributed by atoms with van der Waals surface area (Å²) in [6, 6.07) is 17.4. The average Bonchev–Trinajstić information content (AvgIpc) is 3.30. The largest absolute Gasteiger partial charge is 0.493 e. The first-order valence-electron chi connectivity index (χ1n) is 11.8. The summed E-state index contributed by atoms with van der Waals surface area (Å²) >= 11 is 0. The van der Waals surface area contributed by atoms with Gasteiger partial charge in [-0.05, 0) is 48.9 Å². The van der Waals surface area contributed by atoms with Gasteiger partial charge in [-0.3, -0.25) is 4.99 Å². The molecule has 0 spiro atoms. The van der Waals surface area contributed by atoms with Crippen molar-refractivity contribution in [3.8, 4) is 5.75 Å². The highest BCUT2D eigenvalue weighted by Gasteiger charge is 2.34. The number of ether oxygens (including phenoxy) is 2. The highest BCUT2D eigenvalue weighted by molar-refractivity contribution is 14.0. The molecule has 1 saturated heterocycles. The molecule has 6 nitrogen and oxygen atoms in total. The van der Waals surface area contributed by atoms with Gasteiger partial charge in [0.1, 0.15) is 5.75 Å². The molecule has 2 aromatic carbocycles. The van der Waals surface area contributed by atoms with Gasteiger partial charge in [0.25, 0.3) is 0 Å². The molecule has 0 saturated carbocycles. The first-order chi connectivity index (χ1) is 15.7. The van der Waals surface area contributed by atoms with E-state index in [9.17, 15) is 0 Å². The molecule has 0 aromatic heterocycles. The summed E-state index contributed by atoms with van der Waals surface area (Å²) in [4.78, 5) is 4.45. The summed E-state index contributed by atoms with van der Waals surface area (Å²) in [7, 11) is 1.83. The number of fused-ring (bicyclic) bond motifs is 1. The summed E-state index contributed by atoms with van der Waals surface area (Å²) < 4.78 is 11.3. The molecule has 2 aliphatic rings. The van der Waals surface area contributed by atoms with E-state index in [0.717, 1.165) is 70.3 Å². The van der Waals surface area contributed by atoms with Crippen LogP contribution < -0.4 is 20.7 Å². The van der Waals surface area contributed by atoms with Crippen LogP contribution in [0.15, 0.2) is 53.5 Å². The van der Waals surface area contributed by atoms with E-state index in [1.807, 2.05) is 7.05 Å². The third kappa shape index (κ3) is 7.07. The molecule has 33 heavy (non-hydrogen) atoms. The Hall–Kier alpha value is -1.84. The fourth-order valence-electron chi connectivity index (χ4n) is 4.61. The number of hydrogen-bond donors (Lipinski definition) is 3. The maximum atomic E-state index is 5.67. The predicted octanol–water partition coefficient (Wildman–Crippen LogP) is 3.85. The normalized spacial score (nSPS) is 17.9. The summed E-state index contributed by atoms with van der Waals surface area (Å²) in [5.74, 6) is 1.88. The molecule has 180 valence electrons. The minimum absolute atomic E-state index is 0. The minimum Gasteiger partial charge on any atom is -0.493 e. The van der Waals surface area contributed by atoms with Crippen LogP contribution in [0.1, 0.15) is 42.5 Å². The number of hydrogen-bond acceptors (Lipinski definition) is 4. The van der Waals surface area contributed by atoms with E-state index in [4.69, 9.17) is 9.47 Å². The van der Waals surface area contributed by atoms with Crippen molar-refractivity contribution >= 4 is 29.9 Å². The molecule has 0 radical (unpaired) electrons. The minimum atomic E-state index is -0.0227. The van der Waals surface area contributed by atoms with Crippen LogP contribution in [0.4, 0.5) is 0 Å². The lowest BCUT2D eigenvalue weighted by atomic mass is 9.88. The molecule has 1 atom stereocenters. The van der Waals surface area contributed by atoms with E-state index < -0.39 is 0 Å². The van der Waals surface area contributed by atoms with Crippen molar-refractivity contribution in [3.63, 3.8) is 0 Å². The maximum Gasteiger partial charge on any atom is 0.191 e. The van der Waals surface area contributed by atoms with E-state index in [2.05, 4.69) is 76.4 Å². The summed E-state index contributed by atoms with van der Waals surface area (Å²) in [5, 5.41) is 10.9. The Kier molecular flexibility index (Phi) is 9.82. The predicted molar refractivity (Wildman–Crippen MR) is 145 cm³/mol. The maximum absolute atomic E-state index is 5.67. The van der Waals surface area contributed by atoms with Gasteiger partial charge in [0.05, 0.1) is 6.61 Å². The van der Waals surface area contributed by atoms with Gasteiger partial charge in [-0.2, -0.15) is 0 Å². The monoisotopic (exact) mass is 564 g/mol. The summed E-state index contributed by atoms with van der Waals surface area (Å²) in [6.45, 7) is 6.25. The fourth-order valence-corrected chi connectivity index (χ4v) is 4.61. The van der Waals surface area contributed by atoms with Crippen LogP contribution in [0, 0.1) is 0 Å². The van der Waals surface area contributed by atoms with Gasteiger partial charge in [0.2, 0.25) is 0 Å². The molecule has 2 aliphatic heterocycles. The van der Waals surface area contributed by atoms with Crippen molar-refractivity contribution in [2.24, 2.45) is 4.99 Å². The number of aliphatic imine (C=N–C) groups is 1. The zero-order valence-corrected chi connectivity index (χ0v) is 22.1. The molecule has 7 heteroatoms. The second-order valence-electron chi connectivity index (χ2n) is 8.81. The van der Waals surface area contributed by atoms with Crippen LogP contribution in [0.5, 0.6) is 5.75 Å². The fraction of sp³-hybridized carbons (Fsp3) is 0.500. The Morgan fingerprint density at radius 3 is 2.61 bits per heavy atom. The van der Waals surface area contributed by atoms with Crippen LogP contribution in [0.3, 0.4) is 0 Å². The second kappa shape index (κ2) is 12.6. The molecule has 2 heterocycles. The molecule has 0 bridgehead atoms. The Morgan fingerprint density at radius 1 is 1.06 bits per heavy atom. The van der Waals surface area contributed by atoms with Gasteiger partial charge in [0.15, 0.2) is 5.96 Å². The topological polar surface area (TPSA) is 66.9 Å². The van der Waals surface area contributed by atoms with E-state index in [0.29, 0.717) is 0 Å². The first-order valence-corrected chi connectivity index (χ1v) is 11.8. The van der Waals surface area contributed by atoms with Crippen LogP contribution in [-0.2, 0) is 17.6 Å². The van der Waals surface area contributed by atoms with E-state index in [1.54, 1.807) is 0 Å². The number of rotatable bonds is 8. The molecule has 0 amide bonds. The number of halogens is 1. The van der Waals surface area contributed by atoms with Crippen molar-refractivity contribution < 1.29 is 9.47 Å². The van der Waals surface area contributed by atoms with Crippen molar-refractivity contribution in [2.45, 2.75) is 44.2 Å². The smallest absolute Gasteiger partial charge is 0.191 e. The van der Waals surface area contributed by atoms with Gasteiger partial charge in [-0.1, -0.05) is 42.5 Å². The lowest BCUT2D eigenvalue weighted by molar-refractivity contribution is 0.0355. The third-order valence-corrected chi connectivity index (χ3v) is 6.55. The van der Waals surface area contributed by atoms with Crippen LogP contribution in [0.2, 0.25) is 0 Å². The Balaban J connectivity index is 0.00000306. The third-order valence-electron chi connectivity index (χ3n) is 6.55. The molecule has 1 fully saturated rings. The SMILES string of the molecule is CN=C(NCCc1ccc2c(c1)CCO2)NCC1(NC(C)c2ccccc2)CCOCC1.I. The van der Waals surface area contributed by atoms with E-state index >= 15 is 0 Å². The van der Waals surface area contributed by atoms with Gasteiger partial charge >= 0.3 is 0 Å². The molecular formula is C26H37IN4O2. The Labute approximate surface area is 215 Å². The van der Waals surface area contributed by atoms with Crippen molar-refractivity contribution in [1.29, 1.82) is 0 Å². The van der Waals surface area contributed by atoms with Crippen molar-refractivity contribution in [1.82, 2.24) is 16.0 Å². The first kappa shape index (κ1) is 25.8. The van der Waals surface area contributed by atoms with E-state index in [-0.39, 0.29) is 35.6 Å². The number of benzene rings is 2. The Morgan fingerprint density at radius 2 is 1.85 bits per heavy atom. The zero-order chi connectivity index (χ0) is 22.2.